The number of ketones is 1. The maximum Gasteiger partial charge on any atom is 0.372 e. The maximum atomic E-state index is 13.4. The first-order valence-electron chi connectivity index (χ1n) is 9.01. The molecule has 13 heteroatoms. The summed E-state index contributed by atoms with van der Waals surface area (Å²) in [5, 5.41) is 14.9. The Kier molecular flexibility index (Phi) is 7.45. The number of carbonyl (C=O) groups is 2. The SMILES string of the molecule is COC(=O)CC(=O)c1ccc(OC(N)=C(C(=NN)N2CCC(F)(F)CC2)[N+](=O)[O-])cc1. The van der Waals surface area contributed by atoms with Gasteiger partial charge in [-0.1, -0.05) is 0 Å². The monoisotopic (exact) mass is 441 g/mol. The third kappa shape index (κ3) is 6.10. The molecule has 0 bridgehead atoms. The van der Waals surface area contributed by atoms with Crippen LogP contribution in [0.5, 0.6) is 5.75 Å². The van der Waals surface area contributed by atoms with Crippen LogP contribution in [0.25, 0.3) is 0 Å². The van der Waals surface area contributed by atoms with Crippen LogP contribution >= 0.6 is 0 Å². The number of methoxy groups -OCH3 is 1. The van der Waals surface area contributed by atoms with Crippen molar-refractivity contribution in [1.29, 1.82) is 0 Å². The largest absolute Gasteiger partial charge is 0.469 e. The standard InChI is InChI=1S/C18H21F2N5O6/c1-30-14(27)10-13(26)11-2-4-12(5-3-11)31-16(21)15(25(28)29)17(23-22)24-8-6-18(19,20)7-9-24/h2-5H,6-10,21-22H2,1H3. The van der Waals surface area contributed by atoms with Crippen LogP contribution in [0, 0.1) is 10.1 Å². The number of ether oxygens (including phenoxy) is 2. The highest BCUT2D eigenvalue weighted by atomic mass is 19.3. The molecule has 1 heterocycles. The second-order valence-corrected chi connectivity index (χ2v) is 6.57. The summed E-state index contributed by atoms with van der Waals surface area (Å²) in [7, 11) is 1.16. The highest BCUT2D eigenvalue weighted by Gasteiger charge is 2.39. The van der Waals surface area contributed by atoms with Crippen LogP contribution in [0.2, 0.25) is 0 Å². The van der Waals surface area contributed by atoms with Crippen LogP contribution in [-0.2, 0) is 9.53 Å². The van der Waals surface area contributed by atoms with E-state index in [0.717, 1.165) is 7.11 Å². The lowest BCUT2D eigenvalue weighted by Gasteiger charge is -2.32. The number of nitrogens with zero attached hydrogens (tertiary/aromatic N) is 3. The van der Waals surface area contributed by atoms with Crippen molar-refractivity contribution in [2.75, 3.05) is 20.2 Å². The molecule has 1 aromatic rings. The number of alkyl halides is 2. The Bertz CT molecular complexity index is 907. The van der Waals surface area contributed by atoms with Gasteiger partial charge in [0.1, 0.15) is 12.2 Å². The summed E-state index contributed by atoms with van der Waals surface area (Å²) in [5.74, 6) is 0.214. The van der Waals surface area contributed by atoms with E-state index in [1.807, 2.05) is 0 Å². The number of carbonyl (C=O) groups excluding carboxylic acids is 2. The number of hydrogen-bond donors (Lipinski definition) is 2. The van der Waals surface area contributed by atoms with Crippen molar-refractivity contribution in [1.82, 2.24) is 4.90 Å². The maximum absolute atomic E-state index is 13.4. The summed E-state index contributed by atoms with van der Waals surface area (Å²) < 4.78 is 36.5. The first kappa shape index (κ1) is 23.5. The molecule has 0 unspecified atom stereocenters. The third-order valence-electron chi connectivity index (χ3n) is 4.48. The summed E-state index contributed by atoms with van der Waals surface area (Å²) in [4.78, 5) is 35.1. The number of piperidine rings is 1. The number of likely N-dealkylation sites (tertiary alicyclic amines) is 1. The molecule has 0 radical (unpaired) electrons. The summed E-state index contributed by atoms with van der Waals surface area (Å²) in [6.45, 7) is -0.407. The molecule has 11 nitrogen and oxygen atoms in total. The van der Waals surface area contributed by atoms with Gasteiger partial charge in [0.2, 0.25) is 5.84 Å². The van der Waals surface area contributed by atoms with Crippen LogP contribution in [0.15, 0.2) is 40.9 Å². The summed E-state index contributed by atoms with van der Waals surface area (Å²) >= 11 is 0. The number of rotatable bonds is 7. The molecule has 1 aliphatic heterocycles. The molecule has 4 N–H and O–H groups in total. The number of nitro groups is 1. The van der Waals surface area contributed by atoms with Gasteiger partial charge in [-0.15, -0.1) is 0 Å². The lowest BCUT2D eigenvalue weighted by molar-refractivity contribution is -0.418. The lowest BCUT2D eigenvalue weighted by Crippen LogP contribution is -2.45. The Balaban J connectivity index is 2.20. The molecule has 0 atom stereocenters. The first-order valence-corrected chi connectivity index (χ1v) is 9.01. The van der Waals surface area contributed by atoms with Crippen molar-refractivity contribution >= 4 is 17.6 Å². The molecule has 168 valence electrons. The molecular weight excluding hydrogens is 420 g/mol. The number of amidine groups is 1. The Morgan fingerprint density at radius 1 is 1.26 bits per heavy atom. The third-order valence-corrected chi connectivity index (χ3v) is 4.48. The highest BCUT2D eigenvalue weighted by molar-refractivity contribution is 6.05. The number of benzene rings is 1. The van der Waals surface area contributed by atoms with E-state index in [0.29, 0.717) is 0 Å². The van der Waals surface area contributed by atoms with Crippen LogP contribution < -0.4 is 16.3 Å². The number of nitrogens with two attached hydrogens (primary N) is 2. The molecule has 0 spiro atoms. The lowest BCUT2D eigenvalue weighted by atomic mass is 10.1. The van der Waals surface area contributed by atoms with Gasteiger partial charge in [-0.05, 0) is 24.3 Å². The van der Waals surface area contributed by atoms with Crippen molar-refractivity contribution in [2.45, 2.75) is 25.2 Å². The molecule has 1 aromatic carbocycles. The van der Waals surface area contributed by atoms with Crippen molar-refractivity contribution in [3.8, 4) is 5.75 Å². The van der Waals surface area contributed by atoms with Crippen LogP contribution in [0.4, 0.5) is 8.78 Å². The van der Waals surface area contributed by atoms with Gasteiger partial charge in [-0.25, -0.2) is 8.78 Å². The van der Waals surface area contributed by atoms with E-state index in [2.05, 4.69) is 9.84 Å². The van der Waals surface area contributed by atoms with Gasteiger partial charge in [-0.2, -0.15) is 5.10 Å². The van der Waals surface area contributed by atoms with E-state index >= 15 is 0 Å². The molecule has 31 heavy (non-hydrogen) atoms. The molecular formula is C18H21F2N5O6. The van der Waals surface area contributed by atoms with Crippen molar-refractivity contribution < 1.29 is 32.8 Å². The Morgan fingerprint density at radius 2 is 1.84 bits per heavy atom. The number of halogens is 2. The zero-order valence-corrected chi connectivity index (χ0v) is 16.5. The van der Waals surface area contributed by atoms with Gasteiger partial charge in [0.15, 0.2) is 5.78 Å². The number of hydrazone groups is 1. The minimum Gasteiger partial charge on any atom is -0.469 e. The number of Topliss-reactive ketones (excluding diaryl/α,β-unsaturated/α-hetero) is 1. The Labute approximate surface area is 175 Å². The second-order valence-electron chi connectivity index (χ2n) is 6.57. The molecule has 0 aromatic heterocycles. The number of esters is 1. The molecule has 0 amide bonds. The Hall–Kier alpha value is -3.77. The molecule has 1 saturated heterocycles. The van der Waals surface area contributed by atoms with Gasteiger partial charge >= 0.3 is 11.7 Å². The van der Waals surface area contributed by atoms with Crippen molar-refractivity contribution in [2.24, 2.45) is 16.7 Å². The van der Waals surface area contributed by atoms with Gasteiger partial charge < -0.3 is 25.9 Å². The molecule has 2 rings (SSSR count). The van der Waals surface area contributed by atoms with Gasteiger partial charge in [-0.3, -0.25) is 19.7 Å². The summed E-state index contributed by atoms with van der Waals surface area (Å²) in [5.41, 5.74) is 5.15. The minimum atomic E-state index is -2.87. The zero-order valence-electron chi connectivity index (χ0n) is 16.5. The zero-order chi connectivity index (χ0) is 23.2. The topological polar surface area (TPSA) is 163 Å². The molecule has 1 fully saturated rings. The number of hydrogen-bond acceptors (Lipinski definition) is 9. The van der Waals surface area contributed by atoms with Crippen LogP contribution in [-0.4, -0.2) is 53.5 Å². The van der Waals surface area contributed by atoms with Gasteiger partial charge in [0, 0.05) is 31.5 Å². The van der Waals surface area contributed by atoms with Gasteiger partial charge in [0.05, 0.1) is 12.0 Å². The molecule has 0 saturated carbocycles. The predicted octanol–water partition coefficient (Wildman–Crippen LogP) is 1.22. The van der Waals surface area contributed by atoms with Crippen LogP contribution in [0.1, 0.15) is 29.6 Å². The first-order chi connectivity index (χ1) is 14.6. The minimum absolute atomic E-state index is 0.0491. The summed E-state index contributed by atoms with van der Waals surface area (Å²) in [6, 6.07) is 5.31. The Morgan fingerprint density at radius 3 is 2.32 bits per heavy atom. The van der Waals surface area contributed by atoms with E-state index in [4.69, 9.17) is 16.3 Å². The molecule has 0 aliphatic carbocycles. The fourth-order valence-electron chi connectivity index (χ4n) is 2.81. The highest BCUT2D eigenvalue weighted by Crippen LogP contribution is 2.29. The average molecular weight is 441 g/mol. The van der Waals surface area contributed by atoms with E-state index in [-0.39, 0.29) is 30.2 Å². The van der Waals surface area contributed by atoms with Crippen molar-refractivity contribution in [3.63, 3.8) is 0 Å². The normalized spacial score (nSPS) is 16.9. The van der Waals surface area contributed by atoms with Gasteiger partial charge in [0.25, 0.3) is 11.8 Å². The van der Waals surface area contributed by atoms with E-state index in [1.54, 1.807) is 0 Å². The van der Waals surface area contributed by atoms with E-state index in [9.17, 15) is 28.5 Å². The summed E-state index contributed by atoms with van der Waals surface area (Å²) in [6.07, 6.45) is -1.48. The predicted molar refractivity (Wildman–Crippen MR) is 104 cm³/mol. The van der Waals surface area contributed by atoms with E-state index < -0.39 is 53.4 Å². The molecule has 1 aliphatic rings. The van der Waals surface area contributed by atoms with E-state index in [1.165, 1.54) is 29.2 Å². The average Bonchev–Trinajstić information content (AvgIpc) is 2.72. The fourth-order valence-corrected chi connectivity index (χ4v) is 2.81. The second kappa shape index (κ2) is 9.82. The fraction of sp³-hybridized carbons (Fsp3) is 0.389. The van der Waals surface area contributed by atoms with Crippen LogP contribution in [0.3, 0.4) is 0 Å². The smallest absolute Gasteiger partial charge is 0.372 e. The quantitative estimate of drug-likeness (QED) is 0.0728. The van der Waals surface area contributed by atoms with Crippen molar-refractivity contribution in [3.05, 3.63) is 51.5 Å².